The fourth-order valence-corrected chi connectivity index (χ4v) is 7.12. The third-order valence-electron chi connectivity index (χ3n) is 8.90. The van der Waals surface area contributed by atoms with Crippen molar-refractivity contribution in [3.63, 3.8) is 0 Å². The van der Waals surface area contributed by atoms with Crippen molar-refractivity contribution in [3.8, 4) is 16.9 Å². The van der Waals surface area contributed by atoms with Crippen molar-refractivity contribution in [2.45, 2.75) is 69.9 Å². The van der Waals surface area contributed by atoms with E-state index in [0.717, 1.165) is 44.3 Å². The summed E-state index contributed by atoms with van der Waals surface area (Å²) in [6.07, 6.45) is 3.44. The van der Waals surface area contributed by atoms with Crippen LogP contribution in [0.1, 0.15) is 65.6 Å². The third kappa shape index (κ3) is 9.87. The molecule has 3 aromatic carbocycles. The first-order valence-corrected chi connectivity index (χ1v) is 18.1. The van der Waals surface area contributed by atoms with Gasteiger partial charge in [0.25, 0.3) is 5.91 Å². The molecule has 5 rings (SSSR count). The summed E-state index contributed by atoms with van der Waals surface area (Å²) < 4.78 is 7.72. The Balaban J connectivity index is 1.22. The number of nitrogens with zero attached hydrogens (tertiary/aromatic N) is 3. The minimum atomic E-state index is -1.16. The Bertz CT molecular complexity index is 1960. The summed E-state index contributed by atoms with van der Waals surface area (Å²) in [5.74, 6) is -1.72. The Labute approximate surface area is 306 Å². The smallest absolute Gasteiger partial charge is 0.303 e. The lowest BCUT2D eigenvalue weighted by Gasteiger charge is -2.30. The largest absolute Gasteiger partial charge is 0.493 e. The molecule has 2 heterocycles. The highest BCUT2D eigenvalue weighted by atomic mass is 32.2. The Morgan fingerprint density at radius 3 is 2.50 bits per heavy atom. The van der Waals surface area contributed by atoms with Gasteiger partial charge in [-0.05, 0) is 67.6 Å². The monoisotopic (exact) mass is 726 g/mol. The number of fused-ring (bicyclic) bond motifs is 1. The molecule has 0 spiro atoms. The second-order valence-corrected chi connectivity index (χ2v) is 13.7. The fraction of sp³-hybridized carbons (Fsp3) is 0.333. The lowest BCUT2D eigenvalue weighted by Crippen LogP contribution is -2.41. The molecule has 1 atom stereocenters. The standard InChI is InChI=1S/C39H42N4O8S/c1-25-7-3-12-34(26(25)2)51-19-6-13-35(45)43-18-20-52-38-30(10-5-11-32(38)43)29-22-40-42(24-29)23-27-8-4-9-28(21-27)39(50)41-31(14-16-36(46)47)33(44)15-17-37(48)49/h3-5,7-12,21-22,24,31H,6,13-20,23H2,1-2H3,(H,41,50)(H,46,47)(H,48,49)/t31-/m0/s1. The van der Waals surface area contributed by atoms with Gasteiger partial charge in [0.05, 0.1) is 37.5 Å². The first-order chi connectivity index (χ1) is 25.0. The molecule has 13 heteroatoms. The lowest BCUT2D eigenvalue weighted by molar-refractivity contribution is -0.139. The molecule has 2 amide bonds. The number of aromatic nitrogens is 2. The topological polar surface area (TPSA) is 168 Å². The number of aryl methyl sites for hydroxylation is 1. The highest BCUT2D eigenvalue weighted by Crippen LogP contribution is 2.42. The van der Waals surface area contributed by atoms with Gasteiger partial charge in [0.1, 0.15) is 5.75 Å². The van der Waals surface area contributed by atoms with Crippen molar-refractivity contribution in [3.05, 3.63) is 95.3 Å². The molecule has 0 saturated carbocycles. The average molecular weight is 727 g/mol. The van der Waals surface area contributed by atoms with Crippen LogP contribution in [0.4, 0.5) is 5.69 Å². The van der Waals surface area contributed by atoms with Crippen molar-refractivity contribution < 1.29 is 38.9 Å². The zero-order valence-corrected chi connectivity index (χ0v) is 30.0. The predicted octanol–water partition coefficient (Wildman–Crippen LogP) is 5.91. The predicted molar refractivity (Wildman–Crippen MR) is 197 cm³/mol. The van der Waals surface area contributed by atoms with E-state index in [9.17, 15) is 24.0 Å². The third-order valence-corrected chi connectivity index (χ3v) is 10.0. The zero-order valence-electron chi connectivity index (χ0n) is 29.2. The number of hydrogen-bond donors (Lipinski definition) is 3. The van der Waals surface area contributed by atoms with Gasteiger partial charge in [-0.15, -0.1) is 11.8 Å². The van der Waals surface area contributed by atoms with Gasteiger partial charge < -0.3 is 25.2 Å². The van der Waals surface area contributed by atoms with Gasteiger partial charge in [0.2, 0.25) is 5.91 Å². The van der Waals surface area contributed by atoms with Crippen LogP contribution in [-0.4, -0.2) is 74.5 Å². The second-order valence-electron chi connectivity index (χ2n) is 12.6. The summed E-state index contributed by atoms with van der Waals surface area (Å²) in [7, 11) is 0. The number of ketones is 1. The molecule has 3 N–H and O–H groups in total. The van der Waals surface area contributed by atoms with E-state index in [0.29, 0.717) is 32.5 Å². The van der Waals surface area contributed by atoms with E-state index in [-0.39, 0.29) is 30.7 Å². The maximum absolute atomic E-state index is 13.4. The molecule has 52 heavy (non-hydrogen) atoms. The molecule has 0 bridgehead atoms. The Morgan fingerprint density at radius 2 is 1.71 bits per heavy atom. The molecule has 1 aromatic heterocycles. The van der Waals surface area contributed by atoms with E-state index in [4.69, 9.17) is 14.9 Å². The number of nitrogens with one attached hydrogen (secondary N) is 1. The molecule has 272 valence electrons. The first kappa shape index (κ1) is 37.8. The Kier molecular flexibility index (Phi) is 12.9. The number of benzene rings is 3. The summed E-state index contributed by atoms with van der Waals surface area (Å²) in [5.41, 5.74) is 6.04. The van der Waals surface area contributed by atoms with Gasteiger partial charge in [0, 0.05) is 59.3 Å². The number of aliphatic carboxylic acids is 2. The number of thioether (sulfide) groups is 1. The van der Waals surface area contributed by atoms with Gasteiger partial charge in [-0.25, -0.2) is 0 Å². The van der Waals surface area contributed by atoms with Crippen molar-refractivity contribution in [2.24, 2.45) is 0 Å². The molecule has 1 aliphatic rings. The van der Waals surface area contributed by atoms with Crippen molar-refractivity contribution in [1.29, 1.82) is 0 Å². The number of rotatable bonds is 17. The molecular weight excluding hydrogens is 685 g/mol. The lowest BCUT2D eigenvalue weighted by atomic mass is 10.0. The van der Waals surface area contributed by atoms with Crippen LogP contribution in [0.3, 0.4) is 0 Å². The number of carbonyl (C=O) groups excluding carboxylic acids is 3. The van der Waals surface area contributed by atoms with Crippen molar-refractivity contribution in [1.82, 2.24) is 15.1 Å². The number of carbonyl (C=O) groups is 5. The molecule has 0 unspecified atom stereocenters. The van der Waals surface area contributed by atoms with Crippen LogP contribution in [0, 0.1) is 13.8 Å². The number of carboxylic acid groups (broad SMARTS) is 2. The normalized spacial score (nSPS) is 12.8. The molecule has 4 aromatic rings. The number of carboxylic acids is 2. The number of hydrogen-bond acceptors (Lipinski definition) is 8. The molecule has 0 radical (unpaired) electrons. The number of anilines is 1. The van der Waals surface area contributed by atoms with Gasteiger partial charge in [-0.1, -0.05) is 36.4 Å². The maximum Gasteiger partial charge on any atom is 0.303 e. The molecule has 12 nitrogen and oxygen atoms in total. The highest BCUT2D eigenvalue weighted by molar-refractivity contribution is 7.99. The minimum Gasteiger partial charge on any atom is -0.493 e. The van der Waals surface area contributed by atoms with Crippen molar-refractivity contribution in [2.75, 3.05) is 23.8 Å². The maximum atomic E-state index is 13.4. The van der Waals surface area contributed by atoms with Gasteiger partial charge in [-0.2, -0.15) is 5.10 Å². The summed E-state index contributed by atoms with van der Waals surface area (Å²) in [5, 5.41) is 25.2. The zero-order chi connectivity index (χ0) is 37.2. The van der Waals surface area contributed by atoms with E-state index in [2.05, 4.69) is 10.4 Å². The van der Waals surface area contributed by atoms with E-state index < -0.39 is 36.1 Å². The van der Waals surface area contributed by atoms with Crippen LogP contribution in [-0.2, 0) is 25.7 Å². The van der Waals surface area contributed by atoms with E-state index in [1.54, 1.807) is 40.8 Å². The quantitative estimate of drug-likeness (QED) is 0.111. The minimum absolute atomic E-state index is 0.0562. The number of Topliss-reactive ketones (excluding diaryl/α,β-unsaturated/α-hetero) is 1. The SMILES string of the molecule is Cc1cccc(OCCCC(=O)N2CCSc3c(-c4cnn(Cc5cccc(C(=O)N[C@@H](CCC(=O)O)C(=O)CCC(=O)O)c5)c4)cccc32)c1C. The number of ether oxygens (including phenoxy) is 1. The van der Waals surface area contributed by atoms with Gasteiger partial charge in [-0.3, -0.25) is 28.7 Å². The number of amides is 2. The highest BCUT2D eigenvalue weighted by Gasteiger charge is 2.26. The molecule has 0 saturated heterocycles. The van der Waals surface area contributed by atoms with Crippen LogP contribution in [0.25, 0.3) is 11.1 Å². The van der Waals surface area contributed by atoms with E-state index >= 15 is 0 Å². The molecule has 0 fully saturated rings. The molecular formula is C39H42N4O8S. The van der Waals surface area contributed by atoms with Crippen LogP contribution >= 0.6 is 11.8 Å². The van der Waals surface area contributed by atoms with Crippen molar-refractivity contribution >= 4 is 47.0 Å². The second kappa shape index (κ2) is 17.7. The summed E-state index contributed by atoms with van der Waals surface area (Å²) >= 11 is 1.71. The van der Waals surface area contributed by atoms with E-state index in [1.165, 1.54) is 5.56 Å². The van der Waals surface area contributed by atoms with Crippen LogP contribution in [0.2, 0.25) is 0 Å². The first-order valence-electron chi connectivity index (χ1n) is 17.1. The molecule has 0 aliphatic carbocycles. The van der Waals surface area contributed by atoms with Crippen LogP contribution in [0.5, 0.6) is 5.75 Å². The fourth-order valence-electron chi connectivity index (χ4n) is 5.97. The van der Waals surface area contributed by atoms with Gasteiger partial charge >= 0.3 is 11.9 Å². The Hall–Kier alpha value is -5.43. The van der Waals surface area contributed by atoms with Crippen LogP contribution in [0.15, 0.2) is 78.0 Å². The summed E-state index contributed by atoms with van der Waals surface area (Å²) in [6.45, 7) is 5.51. The Morgan fingerprint density at radius 1 is 0.942 bits per heavy atom. The average Bonchev–Trinajstić information content (AvgIpc) is 3.59. The van der Waals surface area contributed by atoms with Gasteiger partial charge in [0.15, 0.2) is 5.78 Å². The van der Waals surface area contributed by atoms with E-state index in [1.807, 2.05) is 67.4 Å². The van der Waals surface area contributed by atoms with Crippen LogP contribution < -0.4 is 15.0 Å². The summed E-state index contributed by atoms with van der Waals surface area (Å²) in [4.78, 5) is 64.0. The summed E-state index contributed by atoms with van der Waals surface area (Å²) in [6, 6.07) is 17.6. The molecule has 1 aliphatic heterocycles.